The molecule has 0 amide bonds. The monoisotopic (exact) mass is 430 g/mol. The Bertz CT molecular complexity index is 732. The standard InChI is InChI=1S/C20H24Cl2N2O2.ClH/c1-4-24(5-2)14(3)13-19(25)26-18-12-7-6-11-17(18)23-20-15(21)9-8-10-16(20)22;/h6-12,14,23H,4-5,13H2,1-3H3;1H. The van der Waals surface area contributed by atoms with E-state index in [1.807, 2.05) is 25.1 Å². The van der Waals surface area contributed by atoms with Crippen molar-refractivity contribution >= 4 is 53.0 Å². The third-order valence-electron chi connectivity index (χ3n) is 4.23. The van der Waals surface area contributed by atoms with Gasteiger partial charge in [-0.2, -0.15) is 0 Å². The molecule has 0 aliphatic carbocycles. The van der Waals surface area contributed by atoms with Crippen LogP contribution in [0, 0.1) is 0 Å². The average molecular weight is 432 g/mol. The van der Waals surface area contributed by atoms with Crippen molar-refractivity contribution in [2.75, 3.05) is 18.4 Å². The molecule has 7 heteroatoms. The Morgan fingerprint density at radius 3 is 2.26 bits per heavy atom. The van der Waals surface area contributed by atoms with E-state index in [0.29, 0.717) is 33.6 Å². The number of ether oxygens (including phenoxy) is 1. The number of rotatable bonds is 8. The van der Waals surface area contributed by atoms with Gasteiger partial charge in [-0.25, -0.2) is 0 Å². The Balaban J connectivity index is 0.00000364. The van der Waals surface area contributed by atoms with Gasteiger partial charge in [0, 0.05) is 6.04 Å². The lowest BCUT2D eigenvalue weighted by Crippen LogP contribution is -2.35. The fourth-order valence-electron chi connectivity index (χ4n) is 2.79. The van der Waals surface area contributed by atoms with Gasteiger partial charge in [0.1, 0.15) is 0 Å². The van der Waals surface area contributed by atoms with Gasteiger partial charge in [-0.15, -0.1) is 12.4 Å². The summed E-state index contributed by atoms with van der Waals surface area (Å²) in [5.41, 5.74) is 1.21. The maximum Gasteiger partial charge on any atom is 0.312 e. The summed E-state index contributed by atoms with van der Waals surface area (Å²) in [6, 6.07) is 12.6. The number of carbonyl (C=O) groups excluding carboxylic acids is 1. The van der Waals surface area contributed by atoms with Crippen LogP contribution in [0.1, 0.15) is 27.2 Å². The van der Waals surface area contributed by atoms with Crippen LogP contribution in [0.25, 0.3) is 0 Å². The van der Waals surface area contributed by atoms with E-state index in [0.717, 1.165) is 13.1 Å². The van der Waals surface area contributed by atoms with E-state index in [4.69, 9.17) is 27.9 Å². The molecule has 2 aromatic carbocycles. The molecule has 1 N–H and O–H groups in total. The molecule has 148 valence electrons. The van der Waals surface area contributed by atoms with Gasteiger partial charge >= 0.3 is 5.97 Å². The molecular formula is C20H25Cl3N2O2. The van der Waals surface area contributed by atoms with Crippen molar-refractivity contribution in [1.29, 1.82) is 0 Å². The zero-order valence-corrected chi connectivity index (χ0v) is 18.0. The van der Waals surface area contributed by atoms with Gasteiger partial charge in [0.05, 0.1) is 27.8 Å². The first kappa shape index (κ1) is 23.6. The van der Waals surface area contributed by atoms with Crippen molar-refractivity contribution in [1.82, 2.24) is 4.90 Å². The van der Waals surface area contributed by atoms with Crippen LogP contribution >= 0.6 is 35.6 Å². The van der Waals surface area contributed by atoms with Crippen molar-refractivity contribution in [2.24, 2.45) is 0 Å². The molecule has 0 saturated carbocycles. The number of hydrogen-bond donors (Lipinski definition) is 1. The minimum absolute atomic E-state index is 0. The van der Waals surface area contributed by atoms with Gasteiger partial charge in [-0.1, -0.05) is 55.2 Å². The molecule has 0 aliphatic heterocycles. The van der Waals surface area contributed by atoms with Crippen LogP contribution < -0.4 is 10.1 Å². The number of carbonyl (C=O) groups is 1. The third kappa shape index (κ3) is 6.58. The molecule has 0 saturated heterocycles. The smallest absolute Gasteiger partial charge is 0.312 e. The summed E-state index contributed by atoms with van der Waals surface area (Å²) in [6.45, 7) is 7.99. The highest BCUT2D eigenvalue weighted by Gasteiger charge is 2.17. The van der Waals surface area contributed by atoms with Crippen molar-refractivity contribution in [3.8, 4) is 5.75 Å². The minimum Gasteiger partial charge on any atom is -0.424 e. The minimum atomic E-state index is -0.274. The van der Waals surface area contributed by atoms with E-state index in [9.17, 15) is 4.79 Å². The van der Waals surface area contributed by atoms with Gasteiger partial charge in [-0.05, 0) is 44.3 Å². The molecule has 1 atom stereocenters. The van der Waals surface area contributed by atoms with Crippen LogP contribution in [-0.4, -0.2) is 30.0 Å². The molecule has 0 heterocycles. The predicted molar refractivity (Wildman–Crippen MR) is 116 cm³/mol. The summed E-state index contributed by atoms with van der Waals surface area (Å²) >= 11 is 12.4. The maximum atomic E-state index is 12.4. The Morgan fingerprint density at radius 2 is 1.67 bits per heavy atom. The van der Waals surface area contributed by atoms with Crippen LogP contribution in [0.3, 0.4) is 0 Å². The van der Waals surface area contributed by atoms with Gasteiger partial charge in [0.25, 0.3) is 0 Å². The zero-order chi connectivity index (χ0) is 19.1. The van der Waals surface area contributed by atoms with Crippen LogP contribution in [-0.2, 0) is 4.79 Å². The maximum absolute atomic E-state index is 12.4. The summed E-state index contributed by atoms with van der Waals surface area (Å²) in [5.74, 6) is 0.170. The summed E-state index contributed by atoms with van der Waals surface area (Å²) in [4.78, 5) is 14.6. The zero-order valence-electron chi connectivity index (χ0n) is 15.7. The van der Waals surface area contributed by atoms with E-state index >= 15 is 0 Å². The van der Waals surface area contributed by atoms with Gasteiger partial charge in [-0.3, -0.25) is 4.79 Å². The second-order valence-electron chi connectivity index (χ2n) is 5.97. The molecule has 1 unspecified atom stereocenters. The van der Waals surface area contributed by atoms with Gasteiger partial charge < -0.3 is 15.0 Å². The Morgan fingerprint density at radius 1 is 1.07 bits per heavy atom. The Kier molecular flexibility index (Phi) is 9.95. The number of nitrogens with zero attached hydrogens (tertiary/aromatic N) is 1. The van der Waals surface area contributed by atoms with Crippen LogP contribution in [0.5, 0.6) is 5.75 Å². The Labute approximate surface area is 177 Å². The molecule has 0 aliphatic rings. The average Bonchev–Trinajstić information content (AvgIpc) is 2.60. The first-order chi connectivity index (χ1) is 12.5. The summed E-state index contributed by atoms with van der Waals surface area (Å²) < 4.78 is 5.59. The Hall–Kier alpha value is -1.46. The van der Waals surface area contributed by atoms with Crippen LogP contribution in [0.2, 0.25) is 10.0 Å². The number of nitrogens with one attached hydrogen (secondary N) is 1. The first-order valence-corrected chi connectivity index (χ1v) is 9.46. The summed E-state index contributed by atoms with van der Waals surface area (Å²) in [6.07, 6.45) is 0.322. The first-order valence-electron chi connectivity index (χ1n) is 8.71. The molecule has 0 radical (unpaired) electrons. The molecule has 27 heavy (non-hydrogen) atoms. The normalized spacial score (nSPS) is 11.6. The van der Waals surface area contributed by atoms with Crippen molar-refractivity contribution in [2.45, 2.75) is 33.2 Å². The fraction of sp³-hybridized carbons (Fsp3) is 0.350. The topological polar surface area (TPSA) is 41.6 Å². The molecule has 0 spiro atoms. The lowest BCUT2D eigenvalue weighted by Gasteiger charge is -2.25. The van der Waals surface area contributed by atoms with Gasteiger partial charge in [0.15, 0.2) is 5.75 Å². The number of halogens is 3. The molecule has 0 aromatic heterocycles. The van der Waals surface area contributed by atoms with Crippen molar-refractivity contribution < 1.29 is 9.53 Å². The number of benzene rings is 2. The summed E-state index contributed by atoms with van der Waals surface area (Å²) in [7, 11) is 0. The predicted octanol–water partition coefficient (Wildman–Crippen LogP) is 6.18. The van der Waals surface area contributed by atoms with Crippen LogP contribution in [0.4, 0.5) is 11.4 Å². The lowest BCUT2D eigenvalue weighted by molar-refractivity contribution is -0.135. The van der Waals surface area contributed by atoms with E-state index in [-0.39, 0.29) is 24.4 Å². The third-order valence-corrected chi connectivity index (χ3v) is 4.86. The highest BCUT2D eigenvalue weighted by molar-refractivity contribution is 6.39. The second-order valence-corrected chi connectivity index (χ2v) is 6.78. The van der Waals surface area contributed by atoms with E-state index < -0.39 is 0 Å². The molecule has 4 nitrogen and oxygen atoms in total. The lowest BCUT2D eigenvalue weighted by atomic mass is 10.2. The second kappa shape index (κ2) is 11.4. The fourth-order valence-corrected chi connectivity index (χ4v) is 3.28. The largest absolute Gasteiger partial charge is 0.424 e. The highest BCUT2D eigenvalue weighted by atomic mass is 35.5. The number of esters is 1. The SMILES string of the molecule is CCN(CC)C(C)CC(=O)Oc1ccccc1Nc1c(Cl)cccc1Cl.Cl. The highest BCUT2D eigenvalue weighted by Crippen LogP contribution is 2.35. The van der Waals surface area contributed by atoms with Crippen LogP contribution in [0.15, 0.2) is 42.5 Å². The molecule has 0 fully saturated rings. The van der Waals surface area contributed by atoms with E-state index in [2.05, 4.69) is 24.1 Å². The number of anilines is 2. The number of hydrogen-bond acceptors (Lipinski definition) is 4. The van der Waals surface area contributed by atoms with E-state index in [1.54, 1.807) is 24.3 Å². The van der Waals surface area contributed by atoms with Gasteiger partial charge in [0.2, 0.25) is 0 Å². The molecule has 0 bridgehead atoms. The molecular weight excluding hydrogens is 407 g/mol. The number of para-hydroxylation sites is 3. The molecule has 2 aromatic rings. The molecule has 2 rings (SSSR count). The van der Waals surface area contributed by atoms with E-state index in [1.165, 1.54) is 0 Å². The summed E-state index contributed by atoms with van der Waals surface area (Å²) in [5, 5.41) is 4.15. The van der Waals surface area contributed by atoms with Crippen molar-refractivity contribution in [3.05, 3.63) is 52.5 Å². The quantitative estimate of drug-likeness (QED) is 0.400. The van der Waals surface area contributed by atoms with Crippen molar-refractivity contribution in [3.63, 3.8) is 0 Å².